The molecular weight excluding hydrogens is 392 g/mol. The quantitative estimate of drug-likeness (QED) is 0.370. The number of carbonyl (C=O) groups excluding carboxylic acids is 1. The van der Waals surface area contributed by atoms with E-state index in [0.717, 1.165) is 0 Å². The van der Waals surface area contributed by atoms with E-state index in [1.165, 1.54) is 31.6 Å². The smallest absolute Gasteiger partial charge is 0.328 e. The highest BCUT2D eigenvalue weighted by Crippen LogP contribution is 2.23. The molecule has 2 heterocycles. The molecule has 0 bridgehead atoms. The summed E-state index contributed by atoms with van der Waals surface area (Å²) in [6.45, 7) is 2.35. The first-order valence-electron chi connectivity index (χ1n) is 8.92. The van der Waals surface area contributed by atoms with Crippen LogP contribution >= 0.6 is 0 Å². The van der Waals surface area contributed by atoms with E-state index in [-0.39, 0.29) is 11.3 Å². The van der Waals surface area contributed by atoms with Crippen LogP contribution in [-0.2, 0) is 10.8 Å². The van der Waals surface area contributed by atoms with Gasteiger partial charge in [0.25, 0.3) is 5.91 Å². The van der Waals surface area contributed by atoms with Crippen LogP contribution in [0.3, 0.4) is 0 Å². The number of aromatic nitrogens is 3. The lowest BCUT2D eigenvalue weighted by atomic mass is 10.2. The van der Waals surface area contributed by atoms with Crippen LogP contribution in [0.4, 0.5) is 0 Å². The predicted octanol–water partition coefficient (Wildman–Crippen LogP) is 1.40. The summed E-state index contributed by atoms with van der Waals surface area (Å²) in [7, 11) is 1.43. The fourth-order valence-electron chi connectivity index (χ4n) is 2.43. The first-order chi connectivity index (χ1) is 14.4. The van der Waals surface area contributed by atoms with Crippen molar-refractivity contribution in [3.05, 3.63) is 66.2 Å². The summed E-state index contributed by atoms with van der Waals surface area (Å²) in [5.41, 5.74) is 2.84. The highest BCUT2D eigenvalue weighted by molar-refractivity contribution is 5.91. The van der Waals surface area contributed by atoms with Crippen molar-refractivity contribution < 1.29 is 29.3 Å². The molecule has 0 radical (unpaired) electrons. The van der Waals surface area contributed by atoms with Gasteiger partial charge in [0, 0.05) is 23.4 Å². The molecule has 0 unspecified atom stereocenters. The zero-order valence-corrected chi connectivity index (χ0v) is 16.3. The first kappa shape index (κ1) is 21.1. The minimum atomic E-state index is -2.78. The molecule has 10 heteroatoms. The van der Waals surface area contributed by atoms with Gasteiger partial charge in [-0.05, 0) is 25.1 Å². The Balaban J connectivity index is 1.70. The summed E-state index contributed by atoms with van der Waals surface area (Å²) < 4.78 is 10.3. The molecule has 0 atom stereocenters. The molecule has 1 aromatic carbocycles. The number of benzene rings is 1. The monoisotopic (exact) mass is 412 g/mol. The molecule has 3 aromatic rings. The molecule has 156 valence electrons. The number of pyridine rings is 1. The van der Waals surface area contributed by atoms with E-state index < -0.39 is 11.9 Å². The van der Waals surface area contributed by atoms with E-state index in [1.807, 2.05) is 12.4 Å². The zero-order valence-electron chi connectivity index (χ0n) is 16.3. The van der Waals surface area contributed by atoms with Crippen LogP contribution in [0, 0.1) is 0 Å². The van der Waals surface area contributed by atoms with Crippen molar-refractivity contribution in [3.63, 3.8) is 0 Å². The summed E-state index contributed by atoms with van der Waals surface area (Å²) in [6, 6.07) is 9.32. The van der Waals surface area contributed by atoms with Crippen LogP contribution in [0.2, 0.25) is 0 Å². The Kier molecular flexibility index (Phi) is 6.52. The molecule has 0 aliphatic rings. The summed E-state index contributed by atoms with van der Waals surface area (Å²) in [4.78, 5) is 29.5. The molecule has 30 heavy (non-hydrogen) atoms. The number of carbonyl (C=O) groups is 1. The lowest BCUT2D eigenvalue weighted by molar-refractivity contribution is -0.367. The van der Waals surface area contributed by atoms with E-state index in [9.17, 15) is 15.0 Å². The predicted molar refractivity (Wildman–Crippen MR) is 104 cm³/mol. The average Bonchev–Trinajstić information content (AvgIpc) is 2.78. The fourth-order valence-corrected chi connectivity index (χ4v) is 2.43. The van der Waals surface area contributed by atoms with Gasteiger partial charge in [-0.25, -0.2) is 20.3 Å². The van der Waals surface area contributed by atoms with Crippen LogP contribution in [0.1, 0.15) is 23.0 Å². The van der Waals surface area contributed by atoms with E-state index in [2.05, 4.69) is 15.0 Å². The number of nitrogens with zero attached hydrogens (tertiary/aromatic N) is 3. The first-order valence-corrected chi connectivity index (χ1v) is 8.92. The molecule has 0 fully saturated rings. The van der Waals surface area contributed by atoms with Gasteiger partial charge >= 0.3 is 5.97 Å². The molecule has 0 saturated carbocycles. The normalized spacial score (nSPS) is 11.1. The summed E-state index contributed by atoms with van der Waals surface area (Å²) in [5, 5.41) is 20.2. The SMILES string of the molecule is CCOc1ccc(-c2cncc(C(=O)NOC(O)(O)c3cccc(OC)c3)n2)cn1. The van der Waals surface area contributed by atoms with Crippen molar-refractivity contribution in [2.75, 3.05) is 13.7 Å². The van der Waals surface area contributed by atoms with E-state index in [1.54, 1.807) is 30.5 Å². The van der Waals surface area contributed by atoms with Crippen LogP contribution < -0.4 is 15.0 Å². The number of methoxy groups -OCH3 is 1. The largest absolute Gasteiger partial charge is 0.497 e. The number of hydrogen-bond donors (Lipinski definition) is 3. The minimum absolute atomic E-state index is 0.0394. The molecule has 1 amide bonds. The van der Waals surface area contributed by atoms with Gasteiger partial charge < -0.3 is 19.7 Å². The van der Waals surface area contributed by atoms with Gasteiger partial charge in [-0.3, -0.25) is 9.78 Å². The topological polar surface area (TPSA) is 136 Å². The molecule has 0 spiro atoms. The number of nitrogens with one attached hydrogen (secondary N) is 1. The number of rotatable bonds is 8. The van der Waals surface area contributed by atoms with Crippen LogP contribution in [0.25, 0.3) is 11.3 Å². The van der Waals surface area contributed by atoms with Crippen LogP contribution in [0.5, 0.6) is 11.6 Å². The second kappa shape index (κ2) is 9.27. The Morgan fingerprint density at radius 1 is 1.17 bits per heavy atom. The van der Waals surface area contributed by atoms with Gasteiger partial charge in [0.2, 0.25) is 5.88 Å². The van der Waals surface area contributed by atoms with E-state index >= 15 is 0 Å². The average molecular weight is 412 g/mol. The van der Waals surface area contributed by atoms with Gasteiger partial charge in [-0.15, -0.1) is 0 Å². The van der Waals surface area contributed by atoms with Crippen LogP contribution in [0.15, 0.2) is 55.0 Å². The third-order valence-corrected chi connectivity index (χ3v) is 3.92. The highest BCUT2D eigenvalue weighted by atomic mass is 16.8. The van der Waals surface area contributed by atoms with Gasteiger partial charge in [-0.2, -0.15) is 0 Å². The second-order valence-corrected chi connectivity index (χ2v) is 5.98. The Morgan fingerprint density at radius 2 is 2.00 bits per heavy atom. The Labute approximate surface area is 172 Å². The molecule has 0 saturated heterocycles. The van der Waals surface area contributed by atoms with Gasteiger partial charge in [0.05, 0.1) is 31.8 Å². The van der Waals surface area contributed by atoms with Gasteiger partial charge in [0.1, 0.15) is 11.4 Å². The number of hydrogen-bond acceptors (Lipinski definition) is 9. The van der Waals surface area contributed by atoms with Crippen molar-refractivity contribution in [1.82, 2.24) is 20.4 Å². The highest BCUT2D eigenvalue weighted by Gasteiger charge is 2.30. The lowest BCUT2D eigenvalue weighted by Gasteiger charge is -2.21. The molecular formula is C20H20N4O6. The maximum atomic E-state index is 12.3. The summed E-state index contributed by atoms with van der Waals surface area (Å²) >= 11 is 0. The molecule has 10 nitrogen and oxygen atoms in total. The molecule has 3 N–H and O–H groups in total. The number of ether oxygens (including phenoxy) is 2. The Morgan fingerprint density at radius 3 is 2.70 bits per heavy atom. The van der Waals surface area contributed by atoms with Gasteiger partial charge in [-0.1, -0.05) is 12.1 Å². The maximum absolute atomic E-state index is 12.3. The van der Waals surface area contributed by atoms with Crippen molar-refractivity contribution in [2.24, 2.45) is 0 Å². The van der Waals surface area contributed by atoms with Gasteiger partial charge in [0.15, 0.2) is 0 Å². The Hall–Kier alpha value is -3.60. The minimum Gasteiger partial charge on any atom is -0.497 e. The van der Waals surface area contributed by atoms with Crippen molar-refractivity contribution in [2.45, 2.75) is 12.9 Å². The third kappa shape index (κ3) is 5.06. The molecule has 0 aliphatic heterocycles. The van der Waals surface area contributed by atoms with Crippen LogP contribution in [-0.4, -0.2) is 44.8 Å². The number of amides is 1. The lowest BCUT2D eigenvalue weighted by Crippen LogP contribution is -2.38. The molecule has 0 aliphatic carbocycles. The molecule has 2 aromatic heterocycles. The van der Waals surface area contributed by atoms with Crippen molar-refractivity contribution in [1.29, 1.82) is 0 Å². The number of aliphatic hydroxyl groups is 2. The Bertz CT molecular complexity index is 1010. The summed E-state index contributed by atoms with van der Waals surface area (Å²) in [6.07, 6.45) is 4.22. The van der Waals surface area contributed by atoms with Crippen molar-refractivity contribution >= 4 is 5.91 Å². The van der Waals surface area contributed by atoms with Crippen molar-refractivity contribution in [3.8, 4) is 22.9 Å². The fraction of sp³-hybridized carbons (Fsp3) is 0.200. The van der Waals surface area contributed by atoms with E-state index in [0.29, 0.717) is 29.5 Å². The third-order valence-electron chi connectivity index (χ3n) is 3.92. The summed E-state index contributed by atoms with van der Waals surface area (Å²) in [5.74, 6) is -2.75. The molecule has 3 rings (SSSR count). The maximum Gasteiger partial charge on any atom is 0.328 e. The number of hydroxylamine groups is 1. The second-order valence-electron chi connectivity index (χ2n) is 5.98. The van der Waals surface area contributed by atoms with E-state index in [4.69, 9.17) is 14.3 Å². The zero-order chi connectivity index (χ0) is 21.6. The standard InChI is InChI=1S/C20H20N4O6/c1-3-29-18-8-7-13(10-22-18)16-11-21-12-17(23-16)19(25)24-30-20(26,27)14-5-4-6-15(9-14)28-2/h4-12,26-27H,3H2,1-2H3,(H,24,25).